The Morgan fingerprint density at radius 2 is 2.19 bits per heavy atom. The van der Waals surface area contributed by atoms with E-state index in [1.807, 2.05) is 18.8 Å². The molecule has 2 heteroatoms. The fraction of sp³-hybridized carbons (Fsp3) is 0.571. The molecule has 1 aromatic rings. The van der Waals surface area contributed by atoms with Gasteiger partial charge in [-0.3, -0.25) is 0 Å². The van der Waals surface area contributed by atoms with Crippen molar-refractivity contribution in [1.82, 2.24) is 5.32 Å². The fourth-order valence-corrected chi connectivity index (χ4v) is 2.82. The number of hydrogen-bond acceptors (Lipinski definition) is 2. The topological polar surface area (TPSA) is 12.0 Å². The summed E-state index contributed by atoms with van der Waals surface area (Å²) in [6.07, 6.45) is 2.63. The van der Waals surface area contributed by atoms with E-state index < -0.39 is 0 Å². The van der Waals surface area contributed by atoms with Crippen LogP contribution in [0, 0.1) is 5.92 Å². The molecule has 0 heterocycles. The van der Waals surface area contributed by atoms with Gasteiger partial charge in [0.1, 0.15) is 0 Å². The van der Waals surface area contributed by atoms with Crippen LogP contribution in [0.2, 0.25) is 0 Å². The predicted octanol–water partition coefficient (Wildman–Crippen LogP) is 3.93. The van der Waals surface area contributed by atoms with Crippen LogP contribution < -0.4 is 5.32 Å². The quantitative estimate of drug-likeness (QED) is 0.721. The molecular formula is C14H23NS. The van der Waals surface area contributed by atoms with E-state index in [0.717, 1.165) is 12.5 Å². The van der Waals surface area contributed by atoms with Crippen LogP contribution in [-0.4, -0.2) is 12.8 Å². The van der Waals surface area contributed by atoms with Crippen LogP contribution >= 0.6 is 11.8 Å². The lowest BCUT2D eigenvalue weighted by molar-refractivity contribution is 0.585. The molecule has 0 aromatic heterocycles. The monoisotopic (exact) mass is 237 g/mol. The highest BCUT2D eigenvalue weighted by Crippen LogP contribution is 2.23. The summed E-state index contributed by atoms with van der Waals surface area (Å²) in [6.45, 7) is 5.56. The average molecular weight is 237 g/mol. The third kappa shape index (κ3) is 5.04. The maximum absolute atomic E-state index is 3.19. The van der Waals surface area contributed by atoms with Crippen LogP contribution in [0.1, 0.15) is 32.3 Å². The van der Waals surface area contributed by atoms with Gasteiger partial charge in [0, 0.05) is 17.2 Å². The summed E-state index contributed by atoms with van der Waals surface area (Å²) >= 11 is 1.98. The van der Waals surface area contributed by atoms with Crippen LogP contribution in [-0.2, 0) is 6.54 Å². The van der Waals surface area contributed by atoms with Crippen LogP contribution in [0.3, 0.4) is 0 Å². The minimum absolute atomic E-state index is 0.822. The first-order valence-corrected chi connectivity index (χ1v) is 7.11. The molecule has 1 aromatic carbocycles. The van der Waals surface area contributed by atoms with E-state index in [2.05, 4.69) is 43.4 Å². The van der Waals surface area contributed by atoms with E-state index in [0.29, 0.717) is 0 Å². The molecule has 1 unspecified atom stereocenters. The maximum Gasteiger partial charge on any atom is 0.0202 e. The number of benzene rings is 1. The van der Waals surface area contributed by atoms with Crippen molar-refractivity contribution >= 4 is 11.8 Å². The second-order valence-corrected chi connectivity index (χ2v) is 5.48. The van der Waals surface area contributed by atoms with Gasteiger partial charge in [0.15, 0.2) is 0 Å². The van der Waals surface area contributed by atoms with Crippen molar-refractivity contribution in [2.75, 3.05) is 12.8 Å². The summed E-state index contributed by atoms with van der Waals surface area (Å²) in [5.41, 5.74) is 1.37. The van der Waals surface area contributed by atoms with Gasteiger partial charge in [-0.2, -0.15) is 0 Å². The smallest absolute Gasteiger partial charge is 0.0202 e. The lowest BCUT2D eigenvalue weighted by Crippen LogP contribution is -2.04. The highest BCUT2D eigenvalue weighted by Gasteiger charge is 2.02. The zero-order valence-electron chi connectivity index (χ0n) is 10.6. The normalized spacial score (nSPS) is 12.7. The molecular weight excluding hydrogens is 214 g/mol. The highest BCUT2D eigenvalue weighted by atomic mass is 32.2. The Bertz CT molecular complexity index is 299. The first-order chi connectivity index (χ1) is 7.76. The number of rotatable bonds is 7. The fourth-order valence-electron chi connectivity index (χ4n) is 1.76. The molecule has 1 rings (SSSR count). The minimum Gasteiger partial charge on any atom is -0.316 e. The van der Waals surface area contributed by atoms with E-state index in [-0.39, 0.29) is 0 Å². The van der Waals surface area contributed by atoms with Crippen LogP contribution in [0.4, 0.5) is 0 Å². The Balaban J connectivity index is 2.44. The van der Waals surface area contributed by atoms with Crippen LogP contribution in [0.25, 0.3) is 0 Å². The highest BCUT2D eigenvalue weighted by molar-refractivity contribution is 7.99. The minimum atomic E-state index is 0.822. The Hall–Kier alpha value is -0.470. The molecule has 0 radical (unpaired) electrons. The average Bonchev–Trinajstić information content (AvgIpc) is 2.28. The van der Waals surface area contributed by atoms with Gasteiger partial charge in [0.25, 0.3) is 0 Å². The van der Waals surface area contributed by atoms with Crippen molar-refractivity contribution in [3.8, 4) is 0 Å². The summed E-state index contributed by atoms with van der Waals surface area (Å²) in [5.74, 6) is 2.06. The third-order valence-corrected chi connectivity index (χ3v) is 3.92. The first-order valence-electron chi connectivity index (χ1n) is 6.12. The molecule has 0 saturated heterocycles. The van der Waals surface area contributed by atoms with Gasteiger partial charge >= 0.3 is 0 Å². The van der Waals surface area contributed by atoms with Crippen molar-refractivity contribution in [3.63, 3.8) is 0 Å². The van der Waals surface area contributed by atoms with Crippen molar-refractivity contribution in [2.45, 2.75) is 38.1 Å². The van der Waals surface area contributed by atoms with Gasteiger partial charge in [-0.05, 0) is 30.7 Å². The zero-order valence-corrected chi connectivity index (χ0v) is 11.4. The second kappa shape index (κ2) is 7.75. The first kappa shape index (κ1) is 13.6. The Morgan fingerprint density at radius 1 is 1.38 bits per heavy atom. The molecule has 90 valence electrons. The molecule has 16 heavy (non-hydrogen) atoms. The predicted molar refractivity (Wildman–Crippen MR) is 74.0 cm³/mol. The molecule has 1 N–H and O–H groups in total. The summed E-state index contributed by atoms with van der Waals surface area (Å²) < 4.78 is 0. The molecule has 0 aliphatic rings. The maximum atomic E-state index is 3.19. The Labute approximate surface area is 104 Å². The van der Waals surface area contributed by atoms with Crippen LogP contribution in [0.5, 0.6) is 0 Å². The van der Waals surface area contributed by atoms with Crippen LogP contribution in [0.15, 0.2) is 29.2 Å². The molecule has 1 nitrogen and oxygen atoms in total. The standard InChI is InChI=1S/C14H23NS/c1-4-6-12(2)11-16-14-8-5-7-13(9-14)10-15-3/h5,7-9,12,15H,4,6,10-11H2,1-3H3. The Morgan fingerprint density at radius 3 is 2.88 bits per heavy atom. The van der Waals surface area contributed by atoms with Crippen molar-refractivity contribution in [3.05, 3.63) is 29.8 Å². The molecule has 0 amide bonds. The van der Waals surface area contributed by atoms with Gasteiger partial charge in [-0.25, -0.2) is 0 Å². The summed E-state index contributed by atoms with van der Waals surface area (Å²) in [5, 5.41) is 3.19. The van der Waals surface area contributed by atoms with Gasteiger partial charge in [-0.15, -0.1) is 11.8 Å². The summed E-state index contributed by atoms with van der Waals surface area (Å²) in [6, 6.07) is 8.83. The van der Waals surface area contributed by atoms with E-state index in [1.165, 1.54) is 29.1 Å². The molecule has 1 atom stereocenters. The number of hydrogen-bond donors (Lipinski definition) is 1. The van der Waals surface area contributed by atoms with Crippen molar-refractivity contribution in [1.29, 1.82) is 0 Å². The van der Waals surface area contributed by atoms with E-state index >= 15 is 0 Å². The molecule has 0 bridgehead atoms. The Kier molecular flexibility index (Phi) is 6.58. The lowest BCUT2D eigenvalue weighted by atomic mass is 10.1. The largest absolute Gasteiger partial charge is 0.316 e. The molecule has 0 aliphatic heterocycles. The summed E-state index contributed by atoms with van der Waals surface area (Å²) in [4.78, 5) is 1.40. The molecule has 0 saturated carbocycles. The van der Waals surface area contributed by atoms with E-state index in [1.54, 1.807) is 0 Å². The number of nitrogens with one attached hydrogen (secondary N) is 1. The lowest BCUT2D eigenvalue weighted by Gasteiger charge is -2.10. The zero-order chi connectivity index (χ0) is 11.8. The second-order valence-electron chi connectivity index (χ2n) is 4.38. The van der Waals surface area contributed by atoms with Gasteiger partial charge in [0.05, 0.1) is 0 Å². The molecule has 0 spiro atoms. The van der Waals surface area contributed by atoms with Gasteiger partial charge in [-0.1, -0.05) is 38.8 Å². The van der Waals surface area contributed by atoms with Gasteiger partial charge < -0.3 is 5.32 Å². The molecule has 0 fully saturated rings. The SMILES string of the molecule is CCCC(C)CSc1cccc(CNC)c1. The molecule has 0 aliphatic carbocycles. The van der Waals surface area contributed by atoms with E-state index in [4.69, 9.17) is 0 Å². The number of thioether (sulfide) groups is 1. The van der Waals surface area contributed by atoms with Crippen molar-refractivity contribution < 1.29 is 0 Å². The summed E-state index contributed by atoms with van der Waals surface area (Å²) in [7, 11) is 1.99. The van der Waals surface area contributed by atoms with Gasteiger partial charge in [0.2, 0.25) is 0 Å². The third-order valence-electron chi connectivity index (χ3n) is 2.60. The van der Waals surface area contributed by atoms with Crippen molar-refractivity contribution in [2.24, 2.45) is 5.92 Å². The van der Waals surface area contributed by atoms with E-state index in [9.17, 15) is 0 Å².